The Morgan fingerprint density at radius 1 is 0.227 bits per heavy atom. The molecule has 0 amide bonds. The molecule has 66 heavy (non-hydrogen) atoms. The molecular formula is C60H108O2Si4. The second-order valence-corrected chi connectivity index (χ2v) is 53.0. The number of hydrogen-bond donors (Lipinski definition) is 0. The highest BCUT2D eigenvalue weighted by atomic mass is 28.6. The number of hydrogen-bond acceptors (Lipinski definition) is 2. The SMILES string of the molecule is CC(C)(C)C1=C(C(C)(C)C)[Si]23C(C(C)(C)C)=C(C(C)(C)C)[C@@]2(C(C)(C)C)[Si]2(O[Si]4(O2)[C@]2(C(C)(C)C)C(C(C)(C)C)=C(C(C)(C)C)[Si]25C(C(C)(C)C)=C(C(C)(C)C)[C@@]45C(C)(C)C)[C@]13C(C)(C)C. The maximum Gasteiger partial charge on any atom is 0.338 e. The number of rotatable bonds is 0. The highest BCUT2D eigenvalue weighted by Crippen LogP contribution is 3.11. The average molecular weight is 974 g/mol. The number of allylic oxidation sites excluding steroid dienone is 8. The van der Waals surface area contributed by atoms with Gasteiger partial charge < -0.3 is 8.23 Å². The summed E-state index contributed by atoms with van der Waals surface area (Å²) >= 11 is 0. The van der Waals surface area contributed by atoms with Crippen LogP contribution in [0.5, 0.6) is 0 Å². The van der Waals surface area contributed by atoms with E-state index < -0.39 is 33.3 Å². The summed E-state index contributed by atoms with van der Waals surface area (Å²) in [4.78, 5) is 0. The summed E-state index contributed by atoms with van der Waals surface area (Å²) in [5, 5.41) is 7.48. The van der Waals surface area contributed by atoms with E-state index in [1.807, 2.05) is 20.8 Å². The van der Waals surface area contributed by atoms with Crippen molar-refractivity contribution in [2.45, 2.75) is 268 Å². The lowest BCUT2D eigenvalue weighted by atomic mass is 9.68. The lowest BCUT2D eigenvalue weighted by Crippen LogP contribution is -3.15. The summed E-state index contributed by atoms with van der Waals surface area (Å²) in [7, 11) is -12.2. The molecule has 0 saturated carbocycles. The van der Waals surface area contributed by atoms with Crippen molar-refractivity contribution in [3.63, 3.8) is 0 Å². The Balaban J connectivity index is 1.84. The highest BCUT2D eigenvalue weighted by molar-refractivity contribution is 7.39. The van der Waals surface area contributed by atoms with Crippen LogP contribution >= 0.6 is 0 Å². The normalized spacial score (nSPS) is 38.7. The third-order valence-corrected chi connectivity index (χ3v) is 55.8. The summed E-state index contributed by atoms with van der Waals surface area (Å²) < 4.78 is 19.0. The summed E-state index contributed by atoms with van der Waals surface area (Å²) in [5.41, 5.74) is 6.62. The molecule has 0 aromatic rings. The van der Waals surface area contributed by atoms with E-state index in [0.717, 1.165) is 0 Å². The van der Waals surface area contributed by atoms with Gasteiger partial charge in [0.2, 0.25) is 0 Å². The van der Waals surface area contributed by atoms with E-state index in [0.29, 0.717) is 0 Å². The third kappa shape index (κ3) is 4.67. The molecule has 7 rings (SSSR count). The van der Waals surface area contributed by atoms with Gasteiger partial charge in [-0.05, 0) is 65.0 Å². The van der Waals surface area contributed by atoms with Gasteiger partial charge in [0, 0.05) is 18.6 Å². The standard InChI is InChI=1S/C60H108O2Si4/c1-45(2,3)37-41(49(13,14)15)63-42(50(16,17)18)38(46(4,5)6)58(63,54(28,29)30)65(57(37,63)53(25,26)27)61-66(62-65)59(55(31,32)33)39(47(7,8)9)43(51(19,20)21)64(59)44(52(22,23)24)40(48(10,11)12)60(64,66)56(34,35)36/h1-36H3/t57-,58-,59-,60-,63?,64?/m0/s1. The van der Waals surface area contributed by atoms with Gasteiger partial charge in [0.05, 0.1) is 0 Å². The minimum atomic E-state index is -3.38. The minimum absolute atomic E-state index is 0.0160. The second-order valence-electron chi connectivity index (χ2n) is 35.9. The van der Waals surface area contributed by atoms with Gasteiger partial charge in [0.15, 0.2) is 0 Å². The highest BCUT2D eigenvalue weighted by Gasteiger charge is 3.17. The van der Waals surface area contributed by atoms with Crippen LogP contribution in [0.4, 0.5) is 0 Å². The molecule has 6 heteroatoms. The van der Waals surface area contributed by atoms with Gasteiger partial charge in [-0.25, -0.2) is 0 Å². The van der Waals surface area contributed by atoms with Gasteiger partial charge in [-0.15, -0.1) is 0 Å². The fraction of sp³-hybridized carbons (Fsp3) is 0.867. The molecule has 0 radical (unpaired) electrons. The Labute approximate surface area is 415 Å². The minimum Gasteiger partial charge on any atom is -0.414 e. The van der Waals surface area contributed by atoms with Crippen LogP contribution in [0.1, 0.15) is 249 Å². The van der Waals surface area contributed by atoms with E-state index in [4.69, 9.17) is 0 Å². The Kier molecular flexibility index (Phi) is 10.0. The van der Waals surface area contributed by atoms with Crippen LogP contribution in [0.15, 0.2) is 43.1 Å². The molecule has 0 aromatic heterocycles. The van der Waals surface area contributed by atoms with Crippen molar-refractivity contribution in [3.05, 3.63) is 43.1 Å². The smallest absolute Gasteiger partial charge is 0.338 e. The molecule has 3 saturated heterocycles. The molecule has 0 aromatic carbocycles. The lowest BCUT2D eigenvalue weighted by molar-refractivity contribution is 0.00834. The monoisotopic (exact) mass is 973 g/mol. The van der Waals surface area contributed by atoms with Crippen LogP contribution in [0.25, 0.3) is 0 Å². The van der Waals surface area contributed by atoms with Crippen LogP contribution in [0.3, 0.4) is 0 Å². The van der Waals surface area contributed by atoms with Gasteiger partial charge in [-0.1, -0.05) is 292 Å². The molecule has 4 atom stereocenters. The van der Waals surface area contributed by atoms with E-state index in [-0.39, 0.29) is 83.6 Å². The molecule has 0 aliphatic carbocycles. The average Bonchev–Trinajstić information content (AvgIpc) is 2.85. The van der Waals surface area contributed by atoms with Crippen LogP contribution in [-0.2, 0) is 8.23 Å². The molecule has 3 fully saturated rings. The van der Waals surface area contributed by atoms with Crippen molar-refractivity contribution in [3.8, 4) is 0 Å². The van der Waals surface area contributed by atoms with Gasteiger partial charge in [-0.3, -0.25) is 0 Å². The van der Waals surface area contributed by atoms with E-state index in [9.17, 15) is 8.23 Å². The Morgan fingerprint density at radius 2 is 0.364 bits per heavy atom. The van der Waals surface area contributed by atoms with Crippen LogP contribution in [0, 0.1) is 65.0 Å². The third-order valence-electron chi connectivity index (χ3n) is 19.3. The van der Waals surface area contributed by atoms with Gasteiger partial charge in [0.25, 0.3) is 0 Å². The maximum atomic E-state index is 9.76. The molecule has 0 N–H and O–H groups in total. The van der Waals surface area contributed by atoms with Gasteiger partial charge >= 0.3 is 17.1 Å². The van der Waals surface area contributed by atoms with Crippen LogP contribution in [0.2, 0.25) is 18.6 Å². The van der Waals surface area contributed by atoms with Crippen molar-refractivity contribution in [2.75, 3.05) is 0 Å². The van der Waals surface area contributed by atoms with E-state index >= 15 is 0 Å². The largest absolute Gasteiger partial charge is 0.414 e. The molecule has 376 valence electrons. The number of fused-ring (bicyclic) bond motifs is 4. The zero-order chi connectivity index (χ0) is 52.0. The first kappa shape index (κ1) is 53.5. The molecule has 4 spiro atoms. The fourth-order valence-electron chi connectivity index (χ4n) is 20.6. The zero-order valence-corrected chi connectivity index (χ0v) is 54.8. The Morgan fingerprint density at radius 3 is 0.455 bits per heavy atom. The quantitative estimate of drug-likeness (QED) is 0.225. The Hall–Kier alpha value is -0.252. The molecule has 0 unspecified atom stereocenters. The predicted octanol–water partition coefficient (Wildman–Crippen LogP) is 18.9. The van der Waals surface area contributed by atoms with Crippen LogP contribution in [-0.4, -0.2) is 33.3 Å². The van der Waals surface area contributed by atoms with E-state index in [1.165, 1.54) is 0 Å². The topological polar surface area (TPSA) is 18.5 Å². The second kappa shape index (κ2) is 12.4. The molecule has 2 nitrogen and oxygen atoms in total. The molecule has 0 bridgehead atoms. The first-order valence-corrected chi connectivity index (χ1v) is 34.4. The van der Waals surface area contributed by atoms with Crippen molar-refractivity contribution in [2.24, 2.45) is 65.0 Å². The summed E-state index contributed by atoms with van der Waals surface area (Å²) in [5.74, 6) is 0. The van der Waals surface area contributed by atoms with Crippen LogP contribution < -0.4 is 0 Å². The van der Waals surface area contributed by atoms with Crippen molar-refractivity contribution in [1.82, 2.24) is 0 Å². The lowest BCUT2D eigenvalue weighted by Gasteiger charge is -3.05. The molecule has 7 aliphatic heterocycles. The molecule has 7 heterocycles. The van der Waals surface area contributed by atoms with Crippen molar-refractivity contribution < 1.29 is 8.23 Å². The predicted molar refractivity (Wildman–Crippen MR) is 298 cm³/mol. The van der Waals surface area contributed by atoms with E-state index in [2.05, 4.69) is 249 Å². The molecular weight excluding hydrogens is 865 g/mol. The van der Waals surface area contributed by atoms with Crippen molar-refractivity contribution >= 4 is 33.3 Å². The van der Waals surface area contributed by atoms with Crippen molar-refractivity contribution in [1.29, 1.82) is 0 Å². The van der Waals surface area contributed by atoms with E-state index in [1.54, 1.807) is 22.3 Å². The fourth-order valence-corrected chi connectivity index (χ4v) is 75.2. The summed E-state index contributed by atoms with van der Waals surface area (Å²) in [6.45, 7) is 94.1. The first-order valence-electron chi connectivity index (χ1n) is 26.8. The maximum absolute atomic E-state index is 9.76. The molecule has 7 aliphatic rings. The van der Waals surface area contributed by atoms with Gasteiger partial charge in [0.1, 0.15) is 16.1 Å². The zero-order valence-electron chi connectivity index (χ0n) is 50.8. The Bertz CT molecular complexity index is 2000. The summed E-state index contributed by atoms with van der Waals surface area (Å²) in [6, 6.07) is 0. The van der Waals surface area contributed by atoms with Gasteiger partial charge in [-0.2, -0.15) is 0 Å². The first-order chi connectivity index (χ1) is 28.4. The summed E-state index contributed by atoms with van der Waals surface area (Å²) in [6.07, 6.45) is 0.